The summed E-state index contributed by atoms with van der Waals surface area (Å²) < 4.78 is 14.5. The van der Waals surface area contributed by atoms with Crippen LogP contribution >= 0.6 is 103 Å². The van der Waals surface area contributed by atoms with Crippen molar-refractivity contribution < 1.29 is 24.5 Å². The average molecular weight is 893 g/mol. The van der Waals surface area contributed by atoms with E-state index in [9.17, 15) is 15.0 Å². The highest BCUT2D eigenvalue weighted by molar-refractivity contribution is 14.1. The van der Waals surface area contributed by atoms with Gasteiger partial charge in [0.1, 0.15) is 11.5 Å². The van der Waals surface area contributed by atoms with Gasteiger partial charge in [-0.1, -0.05) is 6.07 Å². The van der Waals surface area contributed by atoms with Crippen molar-refractivity contribution in [2.75, 3.05) is 0 Å². The SMILES string of the molecule is O=C1OC2(c3ccc(N=C=S)cc31)c1cc(I)c(O)c(I)c1Oc1c2cc(I)c(O)c1I. The van der Waals surface area contributed by atoms with Crippen LogP contribution in [0.1, 0.15) is 27.0 Å². The van der Waals surface area contributed by atoms with Crippen LogP contribution in [0.2, 0.25) is 0 Å². The van der Waals surface area contributed by atoms with Crippen LogP contribution in [0.5, 0.6) is 23.0 Å². The normalized spacial score (nSPS) is 14.7. The van der Waals surface area contributed by atoms with Gasteiger partial charge in [0.2, 0.25) is 0 Å². The Morgan fingerprint density at radius 2 is 1.47 bits per heavy atom. The Morgan fingerprint density at radius 3 is 2.00 bits per heavy atom. The molecule has 0 saturated carbocycles. The lowest BCUT2D eigenvalue weighted by Gasteiger charge is -2.38. The van der Waals surface area contributed by atoms with Gasteiger partial charge in [0, 0.05) is 5.56 Å². The van der Waals surface area contributed by atoms with Crippen LogP contribution in [-0.4, -0.2) is 21.3 Å². The summed E-state index contributed by atoms with van der Waals surface area (Å²) in [5.41, 5.74) is 1.32. The molecule has 3 aromatic carbocycles. The van der Waals surface area contributed by atoms with Gasteiger partial charge in [0.05, 0.1) is 41.8 Å². The summed E-state index contributed by atoms with van der Waals surface area (Å²) in [6.07, 6.45) is 0. The second kappa shape index (κ2) is 8.18. The molecule has 5 rings (SSSR count). The summed E-state index contributed by atoms with van der Waals surface area (Å²) in [6, 6.07) is 8.66. The van der Waals surface area contributed by atoms with E-state index < -0.39 is 11.6 Å². The molecule has 1 spiro atoms. The van der Waals surface area contributed by atoms with Gasteiger partial charge in [-0.05, 0) is 127 Å². The first-order chi connectivity index (χ1) is 15.2. The predicted molar refractivity (Wildman–Crippen MR) is 154 cm³/mol. The molecule has 2 heterocycles. The molecule has 0 unspecified atom stereocenters. The molecule has 11 heteroatoms. The number of phenols is 2. The van der Waals surface area contributed by atoms with Gasteiger partial charge in [-0.2, -0.15) is 4.99 Å². The quantitative estimate of drug-likeness (QED) is 0.121. The van der Waals surface area contributed by atoms with E-state index in [1.54, 1.807) is 30.3 Å². The third-order valence-electron chi connectivity index (χ3n) is 5.28. The summed E-state index contributed by atoms with van der Waals surface area (Å²) >= 11 is 12.8. The number of phenolic OH excluding ortho intramolecular Hbond substituents is 2. The molecule has 32 heavy (non-hydrogen) atoms. The number of hydrogen-bond donors (Lipinski definition) is 2. The molecule has 0 aromatic heterocycles. The number of carbonyl (C=O) groups excluding carboxylic acids is 1. The summed E-state index contributed by atoms with van der Waals surface area (Å²) in [4.78, 5) is 17.1. The predicted octanol–water partition coefficient (Wildman–Crippen LogP) is 6.82. The molecule has 6 nitrogen and oxygen atoms in total. The summed E-state index contributed by atoms with van der Waals surface area (Å²) in [5, 5.41) is 23.4. The minimum Gasteiger partial charge on any atom is -0.506 e. The second-order valence-corrected chi connectivity index (χ2v) is 11.6. The first-order valence-electron chi connectivity index (χ1n) is 8.77. The van der Waals surface area contributed by atoms with Crippen molar-refractivity contribution >= 4 is 119 Å². The van der Waals surface area contributed by atoms with Gasteiger partial charge in [0.25, 0.3) is 0 Å². The topological polar surface area (TPSA) is 88.4 Å². The maximum Gasteiger partial charge on any atom is 0.340 e. The smallest absolute Gasteiger partial charge is 0.340 e. The van der Waals surface area contributed by atoms with Crippen LogP contribution in [0, 0.1) is 14.3 Å². The number of thiocarbonyl (C=S) groups is 1. The average Bonchev–Trinajstić information content (AvgIpc) is 3.05. The van der Waals surface area contributed by atoms with Crippen molar-refractivity contribution in [1.29, 1.82) is 0 Å². The molecule has 0 atom stereocenters. The fourth-order valence-corrected chi connectivity index (χ4v) is 7.61. The van der Waals surface area contributed by atoms with Crippen LogP contribution < -0.4 is 4.74 Å². The number of halogens is 4. The van der Waals surface area contributed by atoms with E-state index in [2.05, 4.69) is 10.2 Å². The number of carbonyl (C=O) groups is 1. The van der Waals surface area contributed by atoms with Crippen LogP contribution in [-0.2, 0) is 10.3 Å². The van der Waals surface area contributed by atoms with Crippen molar-refractivity contribution in [2.45, 2.75) is 5.60 Å². The lowest BCUT2D eigenvalue weighted by molar-refractivity contribution is 0.0222. The van der Waals surface area contributed by atoms with E-state index in [1.165, 1.54) is 0 Å². The standard InChI is InChI=1S/C21H7I4NO5S/c22-12-4-10-18(14(24)16(12)27)30-19-11(5-13(23)17(28)15(19)25)21(10)9-2-1-7(26-6-32)3-8(9)20(29)31-21/h1-5,27-28H. The fourth-order valence-electron chi connectivity index (χ4n) is 3.93. The Hall–Kier alpha value is -0.750. The molecule has 0 amide bonds. The van der Waals surface area contributed by atoms with Crippen molar-refractivity contribution in [1.82, 2.24) is 0 Å². The van der Waals surface area contributed by atoms with Gasteiger partial charge in [-0.15, -0.1) is 0 Å². The van der Waals surface area contributed by atoms with E-state index in [0.717, 1.165) is 0 Å². The highest BCUT2D eigenvalue weighted by Crippen LogP contribution is 2.60. The zero-order valence-electron chi connectivity index (χ0n) is 15.4. The van der Waals surface area contributed by atoms with Crippen LogP contribution in [0.4, 0.5) is 5.69 Å². The third-order valence-corrected chi connectivity index (χ3v) is 9.02. The van der Waals surface area contributed by atoms with Gasteiger partial charge >= 0.3 is 5.97 Å². The monoisotopic (exact) mass is 893 g/mol. The van der Waals surface area contributed by atoms with E-state index in [0.29, 0.717) is 53.7 Å². The highest BCUT2D eigenvalue weighted by Gasteiger charge is 2.55. The molecular weight excluding hydrogens is 886 g/mol. The summed E-state index contributed by atoms with van der Waals surface area (Å²) in [6.45, 7) is 0. The number of ether oxygens (including phenoxy) is 2. The molecule has 0 aliphatic carbocycles. The lowest BCUT2D eigenvalue weighted by Crippen LogP contribution is -2.34. The molecule has 0 radical (unpaired) electrons. The number of fused-ring (bicyclic) bond motifs is 6. The number of nitrogens with zero attached hydrogens (tertiary/aromatic N) is 1. The van der Waals surface area contributed by atoms with Gasteiger partial charge in [-0.25, -0.2) is 4.79 Å². The third kappa shape index (κ3) is 3.14. The van der Waals surface area contributed by atoms with E-state index in [1.807, 2.05) is 90.4 Å². The maximum absolute atomic E-state index is 13.1. The van der Waals surface area contributed by atoms with E-state index in [4.69, 9.17) is 21.7 Å². The first kappa shape index (κ1) is 23.0. The van der Waals surface area contributed by atoms with Gasteiger partial charge in [0.15, 0.2) is 17.1 Å². The molecule has 0 fully saturated rings. The molecule has 3 aromatic rings. The number of aromatic hydroxyl groups is 2. The maximum atomic E-state index is 13.1. The number of hydrogen-bond acceptors (Lipinski definition) is 7. The number of esters is 1. The molecule has 2 N–H and O–H groups in total. The lowest BCUT2D eigenvalue weighted by atomic mass is 9.77. The van der Waals surface area contributed by atoms with Crippen molar-refractivity contribution in [3.63, 3.8) is 0 Å². The Labute approximate surface area is 241 Å². The molecule has 0 saturated heterocycles. The molecular formula is C21H7I4NO5S. The summed E-state index contributed by atoms with van der Waals surface area (Å²) in [7, 11) is 0. The Balaban J connectivity index is 1.95. The first-order valence-corrected chi connectivity index (χ1v) is 13.5. The van der Waals surface area contributed by atoms with E-state index in [-0.39, 0.29) is 11.5 Å². The van der Waals surface area contributed by atoms with Crippen molar-refractivity contribution in [3.05, 3.63) is 66.9 Å². The fraction of sp³-hybridized carbons (Fsp3) is 0.0476. The van der Waals surface area contributed by atoms with Crippen molar-refractivity contribution in [2.24, 2.45) is 4.99 Å². The Kier molecular flexibility index (Phi) is 5.88. The zero-order chi connectivity index (χ0) is 22.9. The van der Waals surface area contributed by atoms with Gasteiger partial charge < -0.3 is 19.7 Å². The Bertz CT molecular complexity index is 1370. The molecule has 2 aliphatic rings. The summed E-state index contributed by atoms with van der Waals surface area (Å²) in [5.74, 6) is 0.371. The number of rotatable bonds is 1. The Morgan fingerprint density at radius 1 is 0.906 bits per heavy atom. The number of aliphatic imine (C=N–C) groups is 1. The van der Waals surface area contributed by atoms with Gasteiger partial charge in [-0.3, -0.25) is 0 Å². The minimum atomic E-state index is -1.32. The molecule has 0 bridgehead atoms. The zero-order valence-corrected chi connectivity index (χ0v) is 24.8. The highest BCUT2D eigenvalue weighted by atomic mass is 127. The van der Waals surface area contributed by atoms with Crippen LogP contribution in [0.15, 0.2) is 35.3 Å². The molecule has 2 aliphatic heterocycles. The van der Waals surface area contributed by atoms with Crippen molar-refractivity contribution in [3.8, 4) is 23.0 Å². The van der Waals surface area contributed by atoms with E-state index >= 15 is 0 Å². The largest absolute Gasteiger partial charge is 0.506 e. The number of benzene rings is 3. The second-order valence-electron chi connectivity index (χ2n) is 6.90. The van der Waals surface area contributed by atoms with Crippen LogP contribution in [0.25, 0.3) is 0 Å². The molecule has 160 valence electrons. The minimum absolute atomic E-state index is 0.0727. The van der Waals surface area contributed by atoms with Crippen LogP contribution in [0.3, 0.4) is 0 Å². The number of isothiocyanates is 1.